The Morgan fingerprint density at radius 1 is 0.550 bits per heavy atom. The highest BCUT2D eigenvalue weighted by atomic mass is 32.1. The molecule has 27 heteroatoms. The smallest absolute Gasteiger partial charge is 0.351 e. The van der Waals surface area contributed by atoms with E-state index in [-0.39, 0.29) is 22.3 Å². The summed E-state index contributed by atoms with van der Waals surface area (Å²) in [4.78, 5) is 110. The number of methoxy groups -OCH3 is 5. The highest BCUT2D eigenvalue weighted by molar-refractivity contribution is 7.23. The number of ether oxygens (including phenoxy) is 5. The van der Waals surface area contributed by atoms with Gasteiger partial charge in [-0.3, -0.25) is 9.80 Å². The number of urea groups is 2. The van der Waals surface area contributed by atoms with Crippen LogP contribution in [0, 0.1) is 0 Å². The lowest BCUT2D eigenvalue weighted by molar-refractivity contribution is 0.0587. The van der Waals surface area contributed by atoms with Gasteiger partial charge >= 0.3 is 46.8 Å². The van der Waals surface area contributed by atoms with Crippen LogP contribution in [0.4, 0.5) is 41.7 Å². The molecule has 0 aliphatic heterocycles. The van der Waals surface area contributed by atoms with E-state index in [0.717, 1.165) is 21.0 Å². The molecular weight excluding hydrogens is 1100 g/mol. The van der Waals surface area contributed by atoms with Crippen LogP contribution < -0.4 is 56.8 Å². The monoisotopic (exact) mass is 1150 g/mol. The van der Waals surface area contributed by atoms with Gasteiger partial charge in [-0.15, -0.1) is 34.0 Å². The SMILES string of the molecule is CNc1cc2oc(=O)c(C(=O)OC)cc2s1.COC(=O)c1cc2sc(N(C)C(=O)Nc3ccccc3OC)cc2oc1=O.COc1ccccc1N=C=O.COc1ccccc1NC(=O)N(C)c1cc2oc(=O)c(C(=O)O)cc2s1. The van der Waals surface area contributed by atoms with Crippen LogP contribution in [-0.2, 0) is 14.3 Å². The number of fused-ring (bicyclic) bond motifs is 3. The molecule has 0 spiro atoms. The lowest BCUT2D eigenvalue weighted by atomic mass is 10.3. The zero-order valence-electron chi connectivity index (χ0n) is 43.3. The summed E-state index contributed by atoms with van der Waals surface area (Å²) in [5.41, 5.74) is -0.634. The van der Waals surface area contributed by atoms with Crippen molar-refractivity contribution in [2.24, 2.45) is 4.99 Å². The Labute approximate surface area is 463 Å². The lowest BCUT2D eigenvalue weighted by Crippen LogP contribution is -2.30. The number of nitrogens with one attached hydrogen (secondary N) is 3. The standard InChI is InChI=1S/C18H16N2O6S.C17H14N2O6S.C10H9NO4S.C8H7NO2/c1-20(18(23)19-11-6-4-5-7-12(11)24-2)15-9-13-14(27-15)8-10(16(21)25-3)17(22)26-13;1-19(17(23)18-10-5-3-4-6-11(10)24-2)14-8-12-13(26-14)7-9(15(20)21)16(22)25-12;1-11-8-4-6-7(16-8)3-5(9(12)14-2)10(13)15-6;1-11-8-5-3-2-4-7(8)9-6-10/h4-9H,1-3H3,(H,19,23);3-8H,1-2H3,(H,18,23)(H,20,21);3-4,11H,1-2H3;2-5H,1H3. The molecule has 0 radical (unpaired) electrons. The van der Waals surface area contributed by atoms with Gasteiger partial charge in [-0.05, 0) is 54.6 Å². The molecule has 9 aromatic rings. The number of aliphatic imine (C=N–C) groups is 1. The van der Waals surface area contributed by atoms with Crippen molar-refractivity contribution in [3.05, 3.63) is 157 Å². The van der Waals surface area contributed by atoms with Crippen LogP contribution in [0.3, 0.4) is 0 Å². The van der Waals surface area contributed by atoms with Gasteiger partial charge in [0, 0.05) is 39.3 Å². The summed E-state index contributed by atoms with van der Waals surface area (Å²) in [5.74, 6) is -1.20. The average Bonchev–Trinajstić information content (AvgIpc) is 4.21. The number of rotatable bonds is 12. The van der Waals surface area contributed by atoms with Gasteiger partial charge in [-0.25, -0.2) is 43.2 Å². The third-order valence-corrected chi connectivity index (χ3v) is 14.1. The van der Waals surface area contributed by atoms with E-state index in [1.807, 2.05) is 6.07 Å². The zero-order valence-corrected chi connectivity index (χ0v) is 45.8. The predicted octanol–water partition coefficient (Wildman–Crippen LogP) is 9.89. The highest BCUT2D eigenvalue weighted by Crippen LogP contribution is 2.35. The Morgan fingerprint density at radius 2 is 0.938 bits per heavy atom. The maximum atomic E-state index is 12.5. The predicted molar refractivity (Wildman–Crippen MR) is 302 cm³/mol. The van der Waals surface area contributed by atoms with Gasteiger partial charge in [-0.1, -0.05) is 36.4 Å². The molecule has 0 bridgehead atoms. The average molecular weight is 1150 g/mol. The first kappa shape index (κ1) is 59.2. The number of carboxylic acids is 1. The minimum absolute atomic E-state index is 0.0838. The first-order valence-electron chi connectivity index (χ1n) is 22.8. The van der Waals surface area contributed by atoms with E-state index in [1.54, 1.807) is 100 Å². The molecule has 4 N–H and O–H groups in total. The minimum atomic E-state index is -1.36. The van der Waals surface area contributed by atoms with E-state index >= 15 is 0 Å². The van der Waals surface area contributed by atoms with Crippen LogP contribution in [0.1, 0.15) is 31.1 Å². The Hall–Kier alpha value is -10.1. The molecule has 24 nitrogen and oxygen atoms in total. The molecule has 0 unspecified atom stereocenters. The van der Waals surface area contributed by atoms with Crippen LogP contribution in [0.25, 0.3) is 30.8 Å². The second kappa shape index (κ2) is 27.3. The fourth-order valence-electron chi connectivity index (χ4n) is 6.69. The Balaban J connectivity index is 0.000000181. The molecule has 0 fully saturated rings. The number of para-hydroxylation sites is 6. The van der Waals surface area contributed by atoms with E-state index in [2.05, 4.69) is 30.4 Å². The van der Waals surface area contributed by atoms with Gasteiger partial charge in [0.15, 0.2) is 16.7 Å². The molecule has 0 atom stereocenters. The maximum absolute atomic E-state index is 12.5. The first-order valence-corrected chi connectivity index (χ1v) is 25.2. The largest absolute Gasteiger partial charge is 0.495 e. The third-order valence-electron chi connectivity index (χ3n) is 10.7. The number of nitrogens with zero attached hydrogens (tertiary/aromatic N) is 3. The van der Waals surface area contributed by atoms with Crippen LogP contribution in [0.15, 0.2) is 142 Å². The highest BCUT2D eigenvalue weighted by Gasteiger charge is 2.22. The summed E-state index contributed by atoms with van der Waals surface area (Å²) in [6, 6.07) is 29.1. The number of isocyanates is 1. The third kappa shape index (κ3) is 14.3. The zero-order chi connectivity index (χ0) is 58.2. The van der Waals surface area contributed by atoms with Gasteiger partial charge in [0.2, 0.25) is 6.08 Å². The molecule has 4 amide bonds. The Kier molecular flexibility index (Phi) is 20.2. The fourth-order valence-corrected chi connectivity index (χ4v) is 9.55. The van der Waals surface area contributed by atoms with Crippen molar-refractivity contribution in [3.63, 3.8) is 0 Å². The van der Waals surface area contributed by atoms with Crippen molar-refractivity contribution < 1.29 is 70.8 Å². The van der Waals surface area contributed by atoms with Crippen molar-refractivity contribution in [3.8, 4) is 17.2 Å². The van der Waals surface area contributed by atoms with E-state index in [0.29, 0.717) is 59.3 Å². The summed E-state index contributed by atoms with van der Waals surface area (Å²) in [5, 5.41) is 19.3. The molecule has 3 aromatic carbocycles. The molecule has 0 saturated heterocycles. The van der Waals surface area contributed by atoms with Gasteiger partial charge < -0.3 is 58.0 Å². The Bertz CT molecular complexity index is 3980. The maximum Gasteiger partial charge on any atom is 0.351 e. The van der Waals surface area contributed by atoms with Crippen molar-refractivity contribution in [2.45, 2.75) is 0 Å². The number of carbonyl (C=O) groups excluding carboxylic acids is 5. The summed E-state index contributed by atoms with van der Waals surface area (Å²) in [6.07, 6.45) is 1.45. The molecule has 6 heterocycles. The molecule has 0 saturated carbocycles. The molecule has 80 heavy (non-hydrogen) atoms. The van der Waals surface area contributed by atoms with Crippen LogP contribution in [-0.4, -0.2) is 97.8 Å². The number of aromatic carboxylic acids is 1. The molecule has 9 rings (SSSR count). The summed E-state index contributed by atoms with van der Waals surface area (Å²) in [7, 11) is 11.8. The second-order valence-electron chi connectivity index (χ2n) is 15.6. The van der Waals surface area contributed by atoms with Crippen LogP contribution in [0.5, 0.6) is 17.2 Å². The van der Waals surface area contributed by atoms with E-state index in [4.69, 9.17) is 32.6 Å². The lowest BCUT2D eigenvalue weighted by Gasteiger charge is -2.17. The number of carbonyl (C=O) groups is 5. The van der Waals surface area contributed by atoms with Crippen molar-refractivity contribution in [1.29, 1.82) is 0 Å². The van der Waals surface area contributed by atoms with Gasteiger partial charge in [0.05, 0.1) is 66.0 Å². The van der Waals surface area contributed by atoms with E-state index in [1.165, 1.54) is 98.4 Å². The first-order chi connectivity index (χ1) is 38.4. The minimum Gasteiger partial charge on any atom is -0.495 e. The number of amides is 4. The topological polar surface area (TPSA) is 314 Å². The molecule has 0 aliphatic carbocycles. The van der Waals surface area contributed by atoms with Crippen molar-refractivity contribution in [2.75, 3.05) is 82.4 Å². The summed E-state index contributed by atoms with van der Waals surface area (Å²) >= 11 is 3.73. The molecule has 0 aliphatic rings. The molecular formula is C53H46N6O18S3. The van der Waals surface area contributed by atoms with Gasteiger partial charge in [0.25, 0.3) is 0 Å². The van der Waals surface area contributed by atoms with E-state index in [9.17, 15) is 43.2 Å². The number of carboxylic acid groups (broad SMARTS) is 1. The van der Waals surface area contributed by atoms with Crippen LogP contribution in [0.2, 0.25) is 0 Å². The van der Waals surface area contributed by atoms with E-state index < -0.39 is 52.4 Å². The number of esters is 2. The number of anilines is 5. The fraction of sp³-hybridized carbons (Fsp3) is 0.151. The van der Waals surface area contributed by atoms with Crippen molar-refractivity contribution >= 4 is 133 Å². The van der Waals surface area contributed by atoms with Crippen LogP contribution >= 0.6 is 34.0 Å². The summed E-state index contributed by atoms with van der Waals surface area (Å²) in [6.45, 7) is 0. The molecule has 6 aromatic heterocycles. The van der Waals surface area contributed by atoms with Crippen molar-refractivity contribution in [1.82, 2.24) is 0 Å². The Morgan fingerprint density at radius 3 is 1.35 bits per heavy atom. The van der Waals surface area contributed by atoms with Gasteiger partial charge in [-0.2, -0.15) is 4.99 Å². The normalized spacial score (nSPS) is 10.2. The quantitative estimate of drug-likeness (QED) is 0.0502. The summed E-state index contributed by atoms with van der Waals surface area (Å²) < 4.78 is 41.3. The number of thiophene rings is 3. The number of benzene rings is 3. The number of hydrogen-bond donors (Lipinski definition) is 4. The number of hydrogen-bond acceptors (Lipinski definition) is 22. The molecule has 414 valence electrons. The second-order valence-corrected chi connectivity index (χ2v) is 18.8. The van der Waals surface area contributed by atoms with Gasteiger partial charge in [0.1, 0.15) is 49.6 Å².